The number of hydrogen-bond acceptors (Lipinski definition) is 3. The Morgan fingerprint density at radius 2 is 1.40 bits per heavy atom. The molecule has 0 bridgehead atoms. The summed E-state index contributed by atoms with van der Waals surface area (Å²) in [6.45, 7) is 0. The third-order valence-corrected chi connectivity index (χ3v) is 3.28. The molecule has 0 aliphatic rings. The first-order chi connectivity index (χ1) is 9.74. The highest BCUT2D eigenvalue weighted by molar-refractivity contribution is 5.95. The minimum absolute atomic E-state index is 0.213. The van der Waals surface area contributed by atoms with Crippen LogP contribution in [-0.4, -0.2) is 16.9 Å². The molecule has 0 heterocycles. The van der Waals surface area contributed by atoms with Gasteiger partial charge in [0.2, 0.25) is 5.91 Å². The predicted octanol–water partition coefficient (Wildman–Crippen LogP) is 3.50. The van der Waals surface area contributed by atoms with Crippen molar-refractivity contribution >= 4 is 11.7 Å². The van der Waals surface area contributed by atoms with Gasteiger partial charge in [0.15, 0.2) is 5.78 Å². The first-order valence-corrected chi connectivity index (χ1v) is 7.25. The van der Waals surface area contributed by atoms with Crippen molar-refractivity contribution < 1.29 is 14.8 Å². The van der Waals surface area contributed by atoms with Crippen LogP contribution in [0.5, 0.6) is 0 Å². The molecule has 20 heavy (non-hydrogen) atoms. The number of hydrogen-bond donors (Lipinski definition) is 2. The van der Waals surface area contributed by atoms with Gasteiger partial charge in [-0.2, -0.15) is 0 Å². The van der Waals surface area contributed by atoms with Crippen LogP contribution in [0.3, 0.4) is 0 Å². The number of nitrogens with one attached hydrogen (secondary N) is 1. The molecule has 0 spiro atoms. The Labute approximate surface area is 120 Å². The zero-order chi connectivity index (χ0) is 14.6. The average Bonchev–Trinajstić information content (AvgIpc) is 2.50. The highest BCUT2D eigenvalue weighted by atomic mass is 16.5. The molecule has 1 aromatic rings. The lowest BCUT2D eigenvalue weighted by molar-refractivity contribution is -0.129. The molecule has 0 aromatic heterocycles. The maximum absolute atomic E-state index is 11.8. The molecule has 0 unspecified atom stereocenters. The Morgan fingerprint density at radius 3 is 2.00 bits per heavy atom. The van der Waals surface area contributed by atoms with Gasteiger partial charge in [0.1, 0.15) is 0 Å². The molecule has 110 valence electrons. The van der Waals surface area contributed by atoms with Crippen LogP contribution < -0.4 is 5.48 Å². The lowest BCUT2D eigenvalue weighted by Crippen LogP contribution is -2.17. The molecule has 0 fully saturated rings. The second-order valence-corrected chi connectivity index (χ2v) is 4.95. The maximum atomic E-state index is 11.8. The van der Waals surface area contributed by atoms with E-state index in [0.717, 1.165) is 44.1 Å². The zero-order valence-corrected chi connectivity index (χ0v) is 11.8. The highest BCUT2D eigenvalue weighted by Gasteiger charge is 2.04. The number of rotatable bonds is 10. The zero-order valence-electron chi connectivity index (χ0n) is 11.8. The molecule has 1 rings (SSSR count). The van der Waals surface area contributed by atoms with Gasteiger partial charge in [0.05, 0.1) is 0 Å². The topological polar surface area (TPSA) is 66.4 Å². The fourth-order valence-electron chi connectivity index (χ4n) is 2.10. The summed E-state index contributed by atoms with van der Waals surface area (Å²) in [6, 6.07) is 9.39. The first kappa shape index (κ1) is 16.4. The smallest absolute Gasteiger partial charge is 0.243 e. The molecular weight excluding hydrogens is 254 g/mol. The van der Waals surface area contributed by atoms with Crippen LogP contribution in [0.15, 0.2) is 30.3 Å². The molecule has 2 N–H and O–H groups in total. The second kappa shape index (κ2) is 10.1. The van der Waals surface area contributed by atoms with Crippen LogP contribution in [0.2, 0.25) is 0 Å². The summed E-state index contributed by atoms with van der Waals surface area (Å²) in [7, 11) is 0. The Balaban J connectivity index is 1.97. The minimum atomic E-state index is -0.321. The summed E-state index contributed by atoms with van der Waals surface area (Å²) in [4.78, 5) is 22.6. The summed E-state index contributed by atoms with van der Waals surface area (Å²) in [5.74, 6) is -0.108. The lowest BCUT2D eigenvalue weighted by Gasteiger charge is -2.02. The Kier molecular flexibility index (Phi) is 8.31. The predicted molar refractivity (Wildman–Crippen MR) is 77.6 cm³/mol. The number of carbonyl (C=O) groups is 2. The monoisotopic (exact) mass is 277 g/mol. The van der Waals surface area contributed by atoms with Crippen molar-refractivity contribution in [1.29, 1.82) is 0 Å². The third kappa shape index (κ3) is 7.04. The Morgan fingerprint density at radius 1 is 0.850 bits per heavy atom. The van der Waals surface area contributed by atoms with Crippen molar-refractivity contribution in [2.45, 2.75) is 51.4 Å². The fourth-order valence-corrected chi connectivity index (χ4v) is 2.10. The maximum Gasteiger partial charge on any atom is 0.243 e. The van der Waals surface area contributed by atoms with Gasteiger partial charge in [0, 0.05) is 18.4 Å². The van der Waals surface area contributed by atoms with E-state index in [-0.39, 0.29) is 11.7 Å². The molecule has 1 amide bonds. The van der Waals surface area contributed by atoms with Gasteiger partial charge in [-0.15, -0.1) is 0 Å². The Bertz CT molecular complexity index is 403. The van der Waals surface area contributed by atoms with Crippen molar-refractivity contribution in [3.63, 3.8) is 0 Å². The van der Waals surface area contributed by atoms with Crippen molar-refractivity contribution in [1.82, 2.24) is 5.48 Å². The van der Waals surface area contributed by atoms with E-state index in [1.54, 1.807) is 5.48 Å². The molecule has 4 heteroatoms. The molecular formula is C16H23NO3. The largest absolute Gasteiger partial charge is 0.294 e. The van der Waals surface area contributed by atoms with E-state index in [2.05, 4.69) is 0 Å². The summed E-state index contributed by atoms with van der Waals surface area (Å²) in [5, 5.41) is 8.32. The lowest BCUT2D eigenvalue weighted by atomic mass is 10.0. The van der Waals surface area contributed by atoms with E-state index in [1.165, 1.54) is 0 Å². The normalized spacial score (nSPS) is 10.2. The van der Waals surface area contributed by atoms with Crippen molar-refractivity contribution in [2.24, 2.45) is 0 Å². The van der Waals surface area contributed by atoms with Crippen molar-refractivity contribution in [2.75, 3.05) is 0 Å². The summed E-state index contributed by atoms with van der Waals surface area (Å²) >= 11 is 0. The number of unbranched alkanes of at least 4 members (excludes halogenated alkanes) is 5. The SMILES string of the molecule is O=C(CCCCCCCCC(=O)c1ccccc1)NO. The van der Waals surface area contributed by atoms with Crippen LogP contribution in [0.4, 0.5) is 0 Å². The van der Waals surface area contributed by atoms with Crippen LogP contribution in [0.25, 0.3) is 0 Å². The summed E-state index contributed by atoms with van der Waals surface area (Å²) < 4.78 is 0. The van der Waals surface area contributed by atoms with Gasteiger partial charge < -0.3 is 0 Å². The average molecular weight is 277 g/mol. The second-order valence-electron chi connectivity index (χ2n) is 4.95. The van der Waals surface area contributed by atoms with E-state index in [0.29, 0.717) is 12.8 Å². The third-order valence-electron chi connectivity index (χ3n) is 3.28. The summed E-state index contributed by atoms with van der Waals surface area (Å²) in [5.41, 5.74) is 2.42. The van der Waals surface area contributed by atoms with Gasteiger partial charge in [-0.1, -0.05) is 56.0 Å². The van der Waals surface area contributed by atoms with Gasteiger partial charge in [-0.3, -0.25) is 14.8 Å². The molecule has 0 atom stereocenters. The Hall–Kier alpha value is -1.68. The van der Waals surface area contributed by atoms with E-state index in [9.17, 15) is 9.59 Å². The van der Waals surface area contributed by atoms with Crippen LogP contribution in [0, 0.1) is 0 Å². The van der Waals surface area contributed by atoms with Crippen molar-refractivity contribution in [3.8, 4) is 0 Å². The van der Waals surface area contributed by atoms with E-state index in [1.807, 2.05) is 30.3 Å². The van der Waals surface area contributed by atoms with E-state index >= 15 is 0 Å². The van der Waals surface area contributed by atoms with Gasteiger partial charge >= 0.3 is 0 Å². The molecule has 0 saturated carbocycles. The highest BCUT2D eigenvalue weighted by Crippen LogP contribution is 2.11. The van der Waals surface area contributed by atoms with Gasteiger partial charge in [-0.05, 0) is 12.8 Å². The molecule has 4 nitrogen and oxygen atoms in total. The molecule has 1 aromatic carbocycles. The molecule has 0 aliphatic heterocycles. The quantitative estimate of drug-likeness (QED) is 0.298. The van der Waals surface area contributed by atoms with Crippen molar-refractivity contribution in [3.05, 3.63) is 35.9 Å². The minimum Gasteiger partial charge on any atom is -0.294 e. The number of benzene rings is 1. The molecule has 0 saturated heterocycles. The van der Waals surface area contributed by atoms with E-state index in [4.69, 9.17) is 5.21 Å². The van der Waals surface area contributed by atoms with Gasteiger partial charge in [-0.25, -0.2) is 5.48 Å². The van der Waals surface area contributed by atoms with Crippen LogP contribution in [0.1, 0.15) is 61.7 Å². The van der Waals surface area contributed by atoms with E-state index < -0.39 is 0 Å². The number of carbonyl (C=O) groups excluding carboxylic acids is 2. The summed E-state index contributed by atoms with van der Waals surface area (Å²) in [6.07, 6.45) is 6.89. The van der Waals surface area contributed by atoms with Gasteiger partial charge in [0.25, 0.3) is 0 Å². The fraction of sp³-hybridized carbons (Fsp3) is 0.500. The number of Topliss-reactive ketones (excluding diaryl/α,β-unsaturated/α-hetero) is 1. The number of amides is 1. The van der Waals surface area contributed by atoms with Crippen LogP contribution >= 0.6 is 0 Å². The standard InChI is InChI=1S/C16H23NO3/c18-15(14-10-6-5-7-11-14)12-8-3-1-2-4-9-13-16(19)17-20/h5-7,10-11,20H,1-4,8-9,12-13H2,(H,17,19). The van der Waals surface area contributed by atoms with Crippen LogP contribution in [-0.2, 0) is 4.79 Å². The first-order valence-electron chi connectivity index (χ1n) is 7.25. The molecule has 0 aliphatic carbocycles. The number of hydroxylamine groups is 1. The number of ketones is 1. The molecule has 0 radical (unpaired) electrons.